The number of rotatable bonds is 4. The van der Waals surface area contributed by atoms with Crippen LogP contribution in [0.15, 0.2) is 66.0 Å². The van der Waals surface area contributed by atoms with Gasteiger partial charge in [0, 0.05) is 17.1 Å². The minimum Gasteiger partial charge on any atom is -0.348 e. The molecule has 1 amide bonds. The van der Waals surface area contributed by atoms with Gasteiger partial charge < -0.3 is 10.3 Å². The van der Waals surface area contributed by atoms with Gasteiger partial charge in [-0.05, 0) is 48.1 Å². The molecule has 9 heteroatoms. The van der Waals surface area contributed by atoms with Crippen LogP contribution in [0.5, 0.6) is 0 Å². The van der Waals surface area contributed by atoms with Crippen LogP contribution in [0.3, 0.4) is 0 Å². The number of benzene rings is 2. The van der Waals surface area contributed by atoms with Crippen molar-refractivity contribution in [2.45, 2.75) is 6.54 Å². The van der Waals surface area contributed by atoms with E-state index in [9.17, 15) is 9.59 Å². The second-order valence-corrected chi connectivity index (χ2v) is 7.06. The lowest BCUT2D eigenvalue weighted by molar-refractivity contribution is 0.0951. The zero-order valence-corrected chi connectivity index (χ0v) is 16.5. The van der Waals surface area contributed by atoms with E-state index in [4.69, 9.17) is 23.8 Å². The number of aromatic nitrogens is 4. The van der Waals surface area contributed by atoms with E-state index in [0.717, 1.165) is 5.56 Å². The predicted molar refractivity (Wildman–Crippen MR) is 113 cm³/mol. The average Bonchev–Trinajstić information content (AvgIpc) is 2.73. The summed E-state index contributed by atoms with van der Waals surface area (Å²) in [5.74, 6) is -0.262. The number of nitrogens with one attached hydrogen (secondary N) is 2. The monoisotopic (exact) mass is 423 g/mol. The molecule has 2 N–H and O–H groups in total. The third-order valence-corrected chi connectivity index (χ3v) is 4.87. The molecule has 0 fully saturated rings. The first kappa shape index (κ1) is 19.0. The maximum atomic E-state index is 12.9. The molecule has 29 heavy (non-hydrogen) atoms. The molecule has 0 aliphatic heterocycles. The molecule has 0 radical (unpaired) electrons. The number of halogens is 1. The number of H-pyrrole nitrogens is 1. The molecule has 0 aliphatic carbocycles. The first-order chi connectivity index (χ1) is 14.0. The van der Waals surface area contributed by atoms with Crippen LogP contribution in [-0.2, 0) is 6.54 Å². The first-order valence-electron chi connectivity index (χ1n) is 8.60. The van der Waals surface area contributed by atoms with Crippen LogP contribution in [0.1, 0.15) is 15.9 Å². The molecule has 2 aromatic carbocycles. The maximum absolute atomic E-state index is 12.9. The fourth-order valence-electron chi connectivity index (χ4n) is 2.89. The second kappa shape index (κ2) is 7.94. The smallest absolute Gasteiger partial charge is 0.266 e. The highest BCUT2D eigenvalue weighted by molar-refractivity contribution is 7.71. The van der Waals surface area contributed by atoms with E-state index in [0.29, 0.717) is 33.7 Å². The molecule has 7 nitrogen and oxygen atoms in total. The van der Waals surface area contributed by atoms with Crippen molar-refractivity contribution >= 4 is 40.6 Å². The van der Waals surface area contributed by atoms with Crippen molar-refractivity contribution in [1.29, 1.82) is 0 Å². The summed E-state index contributed by atoms with van der Waals surface area (Å²) in [7, 11) is 0. The summed E-state index contributed by atoms with van der Waals surface area (Å²) in [6.07, 6.45) is 4.38. The predicted octanol–water partition coefficient (Wildman–Crippen LogP) is 3.42. The Morgan fingerprint density at radius 3 is 2.59 bits per heavy atom. The number of hydrogen-bond donors (Lipinski definition) is 2. The molecule has 2 heterocycles. The van der Waals surface area contributed by atoms with Gasteiger partial charge in [0.15, 0.2) is 4.77 Å². The van der Waals surface area contributed by atoms with Crippen LogP contribution in [-0.4, -0.2) is 25.4 Å². The van der Waals surface area contributed by atoms with Crippen molar-refractivity contribution in [3.05, 3.63) is 92.5 Å². The van der Waals surface area contributed by atoms with Gasteiger partial charge >= 0.3 is 0 Å². The number of hydrogen-bond acceptors (Lipinski definition) is 5. The average molecular weight is 424 g/mol. The topological polar surface area (TPSA) is 92.7 Å². The van der Waals surface area contributed by atoms with Gasteiger partial charge in [-0.3, -0.25) is 9.59 Å². The Morgan fingerprint density at radius 1 is 1.14 bits per heavy atom. The Morgan fingerprint density at radius 2 is 1.86 bits per heavy atom. The zero-order valence-electron chi connectivity index (χ0n) is 14.9. The Labute approximate surface area is 175 Å². The minimum absolute atomic E-state index is 0.191. The quantitative estimate of drug-likeness (QED) is 0.490. The summed E-state index contributed by atoms with van der Waals surface area (Å²) in [6.45, 7) is 0.361. The van der Waals surface area contributed by atoms with E-state index in [2.05, 4.69) is 20.3 Å². The van der Waals surface area contributed by atoms with Crippen LogP contribution >= 0.6 is 23.8 Å². The van der Waals surface area contributed by atoms with Gasteiger partial charge in [0.2, 0.25) is 0 Å². The molecule has 0 saturated heterocycles. The fraction of sp³-hybridized carbons (Fsp3) is 0.0500. The van der Waals surface area contributed by atoms with E-state index in [1.807, 2.05) is 12.1 Å². The Bertz CT molecular complexity index is 1320. The molecular formula is C20H14ClN5O2S. The number of amides is 1. The summed E-state index contributed by atoms with van der Waals surface area (Å²) in [5.41, 5.74) is 1.97. The number of nitrogens with zero attached hydrogens (tertiary/aromatic N) is 3. The third-order valence-electron chi connectivity index (χ3n) is 4.33. The molecule has 144 valence electrons. The summed E-state index contributed by atoms with van der Waals surface area (Å²) < 4.78 is 1.51. The molecule has 0 bridgehead atoms. The third kappa shape index (κ3) is 3.94. The normalized spacial score (nSPS) is 10.8. The summed E-state index contributed by atoms with van der Waals surface area (Å²) in [5, 5.41) is 3.88. The Kier molecular flexibility index (Phi) is 5.20. The van der Waals surface area contributed by atoms with Gasteiger partial charge in [-0.25, -0.2) is 14.5 Å². The van der Waals surface area contributed by atoms with Crippen molar-refractivity contribution in [2.24, 2.45) is 0 Å². The number of carbonyl (C=O) groups excluding carboxylic acids is 1. The molecule has 0 spiro atoms. The van der Waals surface area contributed by atoms with Crippen LogP contribution < -0.4 is 10.9 Å². The van der Waals surface area contributed by atoms with E-state index in [-0.39, 0.29) is 16.2 Å². The Hall–Kier alpha value is -3.36. The van der Waals surface area contributed by atoms with Gasteiger partial charge in [0.25, 0.3) is 11.5 Å². The second-order valence-electron chi connectivity index (χ2n) is 6.24. The molecule has 0 aliphatic rings. The molecule has 0 atom stereocenters. The van der Waals surface area contributed by atoms with Crippen LogP contribution in [0.2, 0.25) is 5.02 Å². The van der Waals surface area contributed by atoms with E-state index in [1.54, 1.807) is 30.3 Å². The number of carbonyl (C=O) groups is 1. The first-order valence-corrected chi connectivity index (χ1v) is 9.39. The fourth-order valence-corrected chi connectivity index (χ4v) is 3.31. The van der Waals surface area contributed by atoms with Crippen molar-refractivity contribution in [3.8, 4) is 5.69 Å². The van der Waals surface area contributed by atoms with Gasteiger partial charge in [-0.1, -0.05) is 23.7 Å². The lowest BCUT2D eigenvalue weighted by Gasteiger charge is -2.09. The van der Waals surface area contributed by atoms with E-state index >= 15 is 0 Å². The molecule has 2 aromatic heterocycles. The van der Waals surface area contributed by atoms with Gasteiger partial charge in [0.1, 0.15) is 6.33 Å². The summed E-state index contributed by atoms with van der Waals surface area (Å²) in [6, 6.07) is 12.0. The number of fused-ring (bicyclic) bond motifs is 1. The van der Waals surface area contributed by atoms with Crippen molar-refractivity contribution in [2.75, 3.05) is 0 Å². The van der Waals surface area contributed by atoms with Crippen LogP contribution in [0, 0.1) is 4.77 Å². The van der Waals surface area contributed by atoms with Crippen molar-refractivity contribution < 1.29 is 4.79 Å². The Balaban J connectivity index is 1.64. The highest BCUT2D eigenvalue weighted by Crippen LogP contribution is 2.13. The number of aromatic amines is 1. The highest BCUT2D eigenvalue weighted by Gasteiger charge is 2.11. The van der Waals surface area contributed by atoms with Crippen LogP contribution in [0.25, 0.3) is 16.6 Å². The van der Waals surface area contributed by atoms with E-state index in [1.165, 1.54) is 23.3 Å². The lowest BCUT2D eigenvalue weighted by Crippen LogP contribution is -2.24. The largest absolute Gasteiger partial charge is 0.348 e. The summed E-state index contributed by atoms with van der Waals surface area (Å²) >= 11 is 11.2. The van der Waals surface area contributed by atoms with Crippen molar-refractivity contribution in [3.63, 3.8) is 0 Å². The molecule has 4 rings (SSSR count). The lowest BCUT2D eigenvalue weighted by atomic mass is 10.1. The molecular weight excluding hydrogens is 410 g/mol. The standard InChI is InChI=1S/C20H14ClN5O2S/c21-14-4-1-12(2-5-14)8-24-18(27)13-3-6-16-17(7-13)25-20(29)26(19(16)28)15-9-22-11-23-10-15/h1-7,9-11H,8H2,(H,24,27)(H,25,29). The maximum Gasteiger partial charge on any atom is 0.266 e. The van der Waals surface area contributed by atoms with Crippen LogP contribution in [0.4, 0.5) is 0 Å². The molecule has 0 saturated carbocycles. The molecule has 4 aromatic rings. The zero-order chi connectivity index (χ0) is 20.4. The van der Waals surface area contributed by atoms with E-state index < -0.39 is 0 Å². The molecule has 0 unspecified atom stereocenters. The van der Waals surface area contributed by atoms with Gasteiger partial charge in [0.05, 0.1) is 29.0 Å². The van der Waals surface area contributed by atoms with Gasteiger partial charge in [-0.2, -0.15) is 0 Å². The van der Waals surface area contributed by atoms with Gasteiger partial charge in [-0.15, -0.1) is 0 Å². The SMILES string of the molecule is O=C(NCc1ccc(Cl)cc1)c1ccc2c(=O)n(-c3cncnc3)c(=S)[nH]c2c1. The van der Waals surface area contributed by atoms with Crippen molar-refractivity contribution in [1.82, 2.24) is 24.8 Å². The minimum atomic E-state index is -0.313. The summed E-state index contributed by atoms with van der Waals surface area (Å²) in [4.78, 5) is 36.2. The highest BCUT2D eigenvalue weighted by atomic mass is 35.5.